The summed E-state index contributed by atoms with van der Waals surface area (Å²) in [7, 11) is 0. The Hall–Kier alpha value is -3.41. The molecule has 1 aromatic heterocycles. The van der Waals surface area contributed by atoms with Crippen LogP contribution in [0.15, 0.2) is 54.6 Å². The number of hydrogen-bond acceptors (Lipinski definition) is 5. The second-order valence-corrected chi connectivity index (χ2v) is 8.06. The summed E-state index contributed by atoms with van der Waals surface area (Å²) < 4.78 is 0. The fraction of sp³-hybridized carbons (Fsp3) is 0.261. The van der Waals surface area contributed by atoms with Crippen molar-refractivity contribution in [3.05, 3.63) is 65.9 Å². The van der Waals surface area contributed by atoms with Gasteiger partial charge in [-0.2, -0.15) is 4.98 Å². The highest BCUT2D eigenvalue weighted by Crippen LogP contribution is 2.25. The van der Waals surface area contributed by atoms with E-state index in [0.717, 1.165) is 17.1 Å². The summed E-state index contributed by atoms with van der Waals surface area (Å²) in [6, 6.07) is 17.7. The van der Waals surface area contributed by atoms with Crippen molar-refractivity contribution in [2.45, 2.75) is 40.0 Å². The Kier molecular flexibility index (Phi) is 5.82. The summed E-state index contributed by atoms with van der Waals surface area (Å²) in [5.41, 5.74) is 4.72. The summed E-state index contributed by atoms with van der Waals surface area (Å²) in [4.78, 5) is 20.3. The van der Waals surface area contributed by atoms with E-state index < -0.39 is 0 Å². The van der Waals surface area contributed by atoms with Crippen LogP contribution in [-0.2, 0) is 10.2 Å². The van der Waals surface area contributed by atoms with E-state index in [1.165, 1.54) is 12.5 Å². The molecule has 0 unspecified atom stereocenters. The van der Waals surface area contributed by atoms with Gasteiger partial charge < -0.3 is 16.0 Å². The standard InChI is InChI=1S/C23H27N5O/c1-15-13-21(26-18-11-9-17(10-12-18)23(3,4)5)28-22(24-15)27-20-8-6-7-19(14-20)25-16(2)29/h6-14H,1-5H3,(H,25,29)(H2,24,26,27,28). The molecule has 6 heteroatoms. The summed E-state index contributed by atoms with van der Waals surface area (Å²) in [6.07, 6.45) is 0. The van der Waals surface area contributed by atoms with Gasteiger partial charge in [-0.3, -0.25) is 4.79 Å². The van der Waals surface area contributed by atoms with Crippen LogP contribution in [0.5, 0.6) is 0 Å². The third-order valence-electron chi connectivity index (χ3n) is 4.32. The van der Waals surface area contributed by atoms with Gasteiger partial charge in [-0.15, -0.1) is 0 Å². The molecule has 0 atom stereocenters. The lowest BCUT2D eigenvalue weighted by Crippen LogP contribution is -2.10. The first-order valence-corrected chi connectivity index (χ1v) is 9.57. The number of aryl methyl sites for hydroxylation is 1. The topological polar surface area (TPSA) is 78.9 Å². The monoisotopic (exact) mass is 389 g/mol. The highest BCUT2D eigenvalue weighted by molar-refractivity contribution is 5.89. The van der Waals surface area contributed by atoms with Crippen molar-refractivity contribution in [2.75, 3.05) is 16.0 Å². The molecule has 2 aromatic carbocycles. The largest absolute Gasteiger partial charge is 0.340 e. The quantitative estimate of drug-likeness (QED) is 0.535. The minimum atomic E-state index is -0.113. The molecule has 1 heterocycles. The Morgan fingerprint density at radius 2 is 1.55 bits per heavy atom. The molecule has 0 saturated heterocycles. The van der Waals surface area contributed by atoms with E-state index in [-0.39, 0.29) is 11.3 Å². The summed E-state index contributed by atoms with van der Waals surface area (Å²) in [5.74, 6) is 1.08. The molecular weight excluding hydrogens is 362 g/mol. The number of nitrogens with zero attached hydrogens (tertiary/aromatic N) is 2. The van der Waals surface area contributed by atoms with E-state index in [2.05, 4.69) is 71.0 Å². The molecule has 0 saturated carbocycles. The molecule has 0 fully saturated rings. The Morgan fingerprint density at radius 1 is 0.862 bits per heavy atom. The van der Waals surface area contributed by atoms with Crippen LogP contribution >= 0.6 is 0 Å². The minimum Gasteiger partial charge on any atom is -0.340 e. The number of rotatable bonds is 5. The minimum absolute atomic E-state index is 0.113. The maximum atomic E-state index is 11.3. The molecular formula is C23H27N5O. The van der Waals surface area contributed by atoms with Crippen LogP contribution in [-0.4, -0.2) is 15.9 Å². The lowest BCUT2D eigenvalue weighted by molar-refractivity contribution is -0.114. The predicted octanol–water partition coefficient (Wildman–Crippen LogP) is 5.53. The molecule has 0 aliphatic heterocycles. The van der Waals surface area contributed by atoms with Crippen LogP contribution in [0.4, 0.5) is 28.8 Å². The number of hydrogen-bond donors (Lipinski definition) is 3. The fourth-order valence-electron chi connectivity index (χ4n) is 2.90. The number of benzene rings is 2. The van der Waals surface area contributed by atoms with E-state index >= 15 is 0 Å². The van der Waals surface area contributed by atoms with Crippen molar-refractivity contribution in [1.82, 2.24) is 9.97 Å². The van der Waals surface area contributed by atoms with Crippen molar-refractivity contribution in [3.63, 3.8) is 0 Å². The zero-order valence-electron chi connectivity index (χ0n) is 17.5. The normalized spacial score (nSPS) is 11.1. The first kappa shape index (κ1) is 20.3. The molecule has 0 spiro atoms. The molecule has 0 aliphatic rings. The molecule has 150 valence electrons. The number of amides is 1. The SMILES string of the molecule is CC(=O)Nc1cccc(Nc2nc(C)cc(Nc3ccc(C(C)(C)C)cc3)n2)c1. The van der Waals surface area contributed by atoms with Gasteiger partial charge in [0.05, 0.1) is 0 Å². The lowest BCUT2D eigenvalue weighted by Gasteiger charge is -2.19. The first-order chi connectivity index (χ1) is 13.7. The molecule has 29 heavy (non-hydrogen) atoms. The third-order valence-corrected chi connectivity index (χ3v) is 4.32. The summed E-state index contributed by atoms with van der Waals surface area (Å²) >= 11 is 0. The Morgan fingerprint density at radius 3 is 2.21 bits per heavy atom. The smallest absolute Gasteiger partial charge is 0.229 e. The molecule has 3 aromatic rings. The zero-order chi connectivity index (χ0) is 21.0. The average molecular weight is 390 g/mol. The first-order valence-electron chi connectivity index (χ1n) is 9.57. The molecule has 3 rings (SSSR count). The Labute approximate surface area is 171 Å². The summed E-state index contributed by atoms with van der Waals surface area (Å²) in [6.45, 7) is 10.00. The Balaban J connectivity index is 1.77. The van der Waals surface area contributed by atoms with Gasteiger partial charge in [0, 0.05) is 35.7 Å². The van der Waals surface area contributed by atoms with Crippen LogP contribution in [0.1, 0.15) is 39.0 Å². The number of carbonyl (C=O) groups is 1. The van der Waals surface area contributed by atoms with Crippen molar-refractivity contribution >= 4 is 34.7 Å². The van der Waals surface area contributed by atoms with Gasteiger partial charge in [-0.05, 0) is 48.2 Å². The molecule has 0 radical (unpaired) electrons. The van der Waals surface area contributed by atoms with Crippen molar-refractivity contribution in [1.29, 1.82) is 0 Å². The van der Waals surface area contributed by atoms with Crippen LogP contribution in [0, 0.1) is 6.92 Å². The molecule has 0 aliphatic carbocycles. The van der Waals surface area contributed by atoms with Crippen LogP contribution < -0.4 is 16.0 Å². The van der Waals surface area contributed by atoms with Gasteiger partial charge in [0.2, 0.25) is 11.9 Å². The van der Waals surface area contributed by atoms with Gasteiger partial charge >= 0.3 is 0 Å². The maximum Gasteiger partial charge on any atom is 0.229 e. The predicted molar refractivity (Wildman–Crippen MR) is 119 cm³/mol. The van der Waals surface area contributed by atoms with Gasteiger partial charge in [0.25, 0.3) is 0 Å². The number of anilines is 5. The molecule has 1 amide bonds. The van der Waals surface area contributed by atoms with Gasteiger partial charge in [-0.1, -0.05) is 39.0 Å². The second kappa shape index (κ2) is 8.31. The summed E-state index contributed by atoms with van der Waals surface area (Å²) in [5, 5.41) is 9.31. The van der Waals surface area contributed by atoms with E-state index in [1.54, 1.807) is 0 Å². The molecule has 0 bridgehead atoms. The van der Waals surface area contributed by atoms with Crippen molar-refractivity contribution in [2.24, 2.45) is 0 Å². The van der Waals surface area contributed by atoms with Crippen LogP contribution in [0.25, 0.3) is 0 Å². The number of carbonyl (C=O) groups excluding carboxylic acids is 1. The molecule has 6 nitrogen and oxygen atoms in total. The van der Waals surface area contributed by atoms with Crippen LogP contribution in [0.2, 0.25) is 0 Å². The average Bonchev–Trinajstić information content (AvgIpc) is 2.60. The zero-order valence-corrected chi connectivity index (χ0v) is 17.5. The van der Waals surface area contributed by atoms with E-state index in [9.17, 15) is 4.79 Å². The number of aromatic nitrogens is 2. The van der Waals surface area contributed by atoms with E-state index in [0.29, 0.717) is 17.5 Å². The number of nitrogens with one attached hydrogen (secondary N) is 3. The van der Waals surface area contributed by atoms with E-state index in [4.69, 9.17) is 0 Å². The van der Waals surface area contributed by atoms with Gasteiger partial charge in [0.1, 0.15) is 5.82 Å². The highest BCUT2D eigenvalue weighted by atomic mass is 16.1. The maximum absolute atomic E-state index is 11.3. The van der Waals surface area contributed by atoms with Crippen LogP contribution in [0.3, 0.4) is 0 Å². The molecule has 3 N–H and O–H groups in total. The van der Waals surface area contributed by atoms with Gasteiger partial charge in [0.15, 0.2) is 0 Å². The lowest BCUT2D eigenvalue weighted by atomic mass is 9.87. The highest BCUT2D eigenvalue weighted by Gasteiger charge is 2.13. The van der Waals surface area contributed by atoms with Crippen molar-refractivity contribution in [3.8, 4) is 0 Å². The van der Waals surface area contributed by atoms with Crippen molar-refractivity contribution < 1.29 is 4.79 Å². The third kappa shape index (κ3) is 5.78. The Bertz CT molecular complexity index is 1010. The van der Waals surface area contributed by atoms with E-state index in [1.807, 2.05) is 37.3 Å². The van der Waals surface area contributed by atoms with Gasteiger partial charge in [-0.25, -0.2) is 4.98 Å². The fourth-order valence-corrected chi connectivity index (χ4v) is 2.90. The second-order valence-electron chi connectivity index (χ2n) is 8.06.